The molecule has 0 saturated carbocycles. The predicted molar refractivity (Wildman–Crippen MR) is 80.6 cm³/mol. The van der Waals surface area contributed by atoms with E-state index in [1.54, 1.807) is 0 Å². The fourth-order valence-corrected chi connectivity index (χ4v) is 2.67. The van der Waals surface area contributed by atoms with Crippen LogP contribution in [0, 0.1) is 0 Å². The Bertz CT molecular complexity index is 631. The van der Waals surface area contributed by atoms with E-state index in [4.69, 9.17) is 0 Å². The molecule has 2 aromatic rings. The van der Waals surface area contributed by atoms with Gasteiger partial charge in [0.2, 0.25) is 0 Å². The van der Waals surface area contributed by atoms with Crippen LogP contribution in [0.25, 0.3) is 0 Å². The highest BCUT2D eigenvalue weighted by Gasteiger charge is 2.27. The molecule has 1 heterocycles. The van der Waals surface area contributed by atoms with Gasteiger partial charge in [-0.05, 0) is 28.7 Å². The molecule has 2 nitrogen and oxygen atoms in total. The van der Waals surface area contributed by atoms with Crippen molar-refractivity contribution in [3.63, 3.8) is 0 Å². The van der Waals surface area contributed by atoms with Crippen molar-refractivity contribution in [2.45, 2.75) is 32.9 Å². The van der Waals surface area contributed by atoms with E-state index < -0.39 is 0 Å². The Kier molecular flexibility index (Phi) is 3.31. The Morgan fingerprint density at radius 3 is 2.55 bits per heavy atom. The number of hydrogen-bond acceptors (Lipinski definition) is 1. The van der Waals surface area contributed by atoms with E-state index in [0.717, 1.165) is 17.7 Å². The van der Waals surface area contributed by atoms with Gasteiger partial charge < -0.3 is 4.90 Å². The molecule has 0 radical (unpaired) electrons. The summed E-state index contributed by atoms with van der Waals surface area (Å²) in [6.45, 7) is 5.72. The van der Waals surface area contributed by atoms with E-state index in [2.05, 4.69) is 44.2 Å². The van der Waals surface area contributed by atoms with Crippen LogP contribution in [-0.2, 0) is 13.1 Å². The molecule has 0 N–H and O–H groups in total. The topological polar surface area (TPSA) is 20.3 Å². The first-order chi connectivity index (χ1) is 9.65. The van der Waals surface area contributed by atoms with Crippen molar-refractivity contribution in [2.75, 3.05) is 0 Å². The summed E-state index contributed by atoms with van der Waals surface area (Å²) in [6.07, 6.45) is 0. The second kappa shape index (κ2) is 5.12. The summed E-state index contributed by atoms with van der Waals surface area (Å²) < 4.78 is 0. The molecule has 20 heavy (non-hydrogen) atoms. The average Bonchev–Trinajstić information content (AvgIpc) is 2.76. The molecule has 2 heteroatoms. The van der Waals surface area contributed by atoms with Crippen molar-refractivity contribution >= 4 is 5.91 Å². The fraction of sp³-hybridized carbons (Fsp3) is 0.278. The van der Waals surface area contributed by atoms with Crippen LogP contribution >= 0.6 is 0 Å². The lowest BCUT2D eigenvalue weighted by molar-refractivity contribution is 0.0766. The van der Waals surface area contributed by atoms with E-state index in [0.29, 0.717) is 12.5 Å². The van der Waals surface area contributed by atoms with Crippen molar-refractivity contribution in [3.05, 3.63) is 70.8 Å². The van der Waals surface area contributed by atoms with Crippen molar-refractivity contribution in [2.24, 2.45) is 0 Å². The second-order valence-corrected chi connectivity index (χ2v) is 5.72. The molecule has 1 amide bonds. The number of carbonyl (C=O) groups is 1. The molecular formula is C18H19NO. The van der Waals surface area contributed by atoms with Crippen LogP contribution in [0.2, 0.25) is 0 Å². The number of fused-ring (bicyclic) bond motifs is 1. The van der Waals surface area contributed by atoms with Crippen molar-refractivity contribution in [3.8, 4) is 0 Å². The largest absolute Gasteiger partial charge is 0.330 e. The molecule has 0 bridgehead atoms. The number of rotatable bonds is 3. The summed E-state index contributed by atoms with van der Waals surface area (Å²) in [5, 5.41) is 0. The number of carbonyl (C=O) groups excluding carboxylic acids is 1. The number of benzene rings is 2. The third-order valence-electron chi connectivity index (χ3n) is 3.90. The minimum absolute atomic E-state index is 0.159. The van der Waals surface area contributed by atoms with Gasteiger partial charge in [0.05, 0.1) is 0 Å². The molecule has 0 atom stereocenters. The summed E-state index contributed by atoms with van der Waals surface area (Å²) in [4.78, 5) is 14.4. The highest BCUT2D eigenvalue weighted by molar-refractivity contribution is 5.98. The van der Waals surface area contributed by atoms with Crippen LogP contribution in [0.1, 0.15) is 46.8 Å². The van der Waals surface area contributed by atoms with Crippen LogP contribution < -0.4 is 0 Å². The van der Waals surface area contributed by atoms with Crippen molar-refractivity contribution in [1.82, 2.24) is 4.90 Å². The third kappa shape index (κ3) is 2.34. The standard InChI is InChI=1S/C18H19NO/c1-13(2)15-8-9-16-12-19(18(20)17(16)10-15)11-14-6-4-3-5-7-14/h3-10,13H,11-12H2,1-2H3. The minimum Gasteiger partial charge on any atom is -0.330 e. The lowest BCUT2D eigenvalue weighted by Gasteiger charge is -2.15. The number of hydrogen-bond donors (Lipinski definition) is 0. The van der Waals surface area contributed by atoms with Gasteiger partial charge in [0.15, 0.2) is 0 Å². The Balaban J connectivity index is 1.84. The molecule has 0 aliphatic carbocycles. The maximum absolute atomic E-state index is 12.5. The molecule has 0 spiro atoms. The van der Waals surface area contributed by atoms with Gasteiger partial charge in [-0.1, -0.05) is 56.3 Å². The van der Waals surface area contributed by atoms with Gasteiger partial charge >= 0.3 is 0 Å². The lowest BCUT2D eigenvalue weighted by atomic mass is 9.98. The van der Waals surface area contributed by atoms with Gasteiger partial charge in [-0.2, -0.15) is 0 Å². The lowest BCUT2D eigenvalue weighted by Crippen LogP contribution is -2.23. The maximum atomic E-state index is 12.5. The summed E-state index contributed by atoms with van der Waals surface area (Å²) in [5.41, 5.74) is 4.44. The zero-order valence-electron chi connectivity index (χ0n) is 12.0. The van der Waals surface area contributed by atoms with Gasteiger partial charge in [0, 0.05) is 18.7 Å². The maximum Gasteiger partial charge on any atom is 0.254 e. The summed E-state index contributed by atoms with van der Waals surface area (Å²) in [6, 6.07) is 16.5. The number of nitrogens with zero attached hydrogens (tertiary/aromatic N) is 1. The molecule has 0 unspecified atom stereocenters. The Morgan fingerprint density at radius 1 is 1.10 bits per heavy atom. The van der Waals surface area contributed by atoms with Crippen LogP contribution in [0.5, 0.6) is 0 Å². The van der Waals surface area contributed by atoms with Gasteiger partial charge in [-0.15, -0.1) is 0 Å². The molecule has 0 fully saturated rings. The zero-order valence-corrected chi connectivity index (χ0v) is 12.0. The third-order valence-corrected chi connectivity index (χ3v) is 3.90. The van der Waals surface area contributed by atoms with E-state index >= 15 is 0 Å². The van der Waals surface area contributed by atoms with Gasteiger partial charge in [0.1, 0.15) is 0 Å². The van der Waals surface area contributed by atoms with E-state index in [1.165, 1.54) is 11.1 Å². The van der Waals surface area contributed by atoms with Gasteiger partial charge in [-0.3, -0.25) is 4.79 Å². The highest BCUT2D eigenvalue weighted by Crippen LogP contribution is 2.27. The first kappa shape index (κ1) is 12.9. The van der Waals surface area contributed by atoms with Crippen molar-refractivity contribution in [1.29, 1.82) is 0 Å². The Labute approximate surface area is 120 Å². The Morgan fingerprint density at radius 2 is 1.85 bits per heavy atom. The minimum atomic E-state index is 0.159. The van der Waals surface area contributed by atoms with E-state index in [1.807, 2.05) is 23.1 Å². The van der Waals surface area contributed by atoms with Crippen LogP contribution in [0.4, 0.5) is 0 Å². The smallest absolute Gasteiger partial charge is 0.254 e. The van der Waals surface area contributed by atoms with Crippen LogP contribution in [-0.4, -0.2) is 10.8 Å². The molecule has 1 aliphatic rings. The SMILES string of the molecule is CC(C)c1ccc2c(c1)C(=O)N(Cc1ccccc1)C2. The molecule has 0 aromatic heterocycles. The normalized spacial score (nSPS) is 13.9. The van der Waals surface area contributed by atoms with Gasteiger partial charge in [-0.25, -0.2) is 0 Å². The summed E-state index contributed by atoms with van der Waals surface area (Å²) in [7, 11) is 0. The van der Waals surface area contributed by atoms with E-state index in [9.17, 15) is 4.79 Å². The molecular weight excluding hydrogens is 246 g/mol. The average molecular weight is 265 g/mol. The monoisotopic (exact) mass is 265 g/mol. The van der Waals surface area contributed by atoms with Crippen LogP contribution in [0.3, 0.4) is 0 Å². The first-order valence-corrected chi connectivity index (χ1v) is 7.11. The molecule has 102 valence electrons. The molecule has 1 aliphatic heterocycles. The second-order valence-electron chi connectivity index (χ2n) is 5.72. The number of amides is 1. The molecule has 3 rings (SSSR count). The quantitative estimate of drug-likeness (QED) is 0.822. The fourth-order valence-electron chi connectivity index (χ4n) is 2.67. The van der Waals surface area contributed by atoms with Gasteiger partial charge in [0.25, 0.3) is 5.91 Å². The molecule has 0 saturated heterocycles. The Hall–Kier alpha value is -2.09. The highest BCUT2D eigenvalue weighted by atomic mass is 16.2. The van der Waals surface area contributed by atoms with E-state index in [-0.39, 0.29) is 5.91 Å². The molecule has 2 aromatic carbocycles. The zero-order chi connectivity index (χ0) is 14.1. The predicted octanol–water partition coefficient (Wildman–Crippen LogP) is 3.97. The summed E-state index contributed by atoms with van der Waals surface area (Å²) in [5.74, 6) is 0.614. The van der Waals surface area contributed by atoms with Crippen molar-refractivity contribution < 1.29 is 4.79 Å². The first-order valence-electron chi connectivity index (χ1n) is 7.11. The summed E-state index contributed by atoms with van der Waals surface area (Å²) >= 11 is 0. The van der Waals surface area contributed by atoms with Crippen LogP contribution in [0.15, 0.2) is 48.5 Å².